The van der Waals surface area contributed by atoms with Gasteiger partial charge in [0.15, 0.2) is 5.65 Å². The van der Waals surface area contributed by atoms with Crippen molar-refractivity contribution in [2.24, 2.45) is 0 Å². The molecule has 4 rings (SSSR count). The van der Waals surface area contributed by atoms with Crippen molar-refractivity contribution in [3.05, 3.63) is 41.9 Å². The minimum Gasteiger partial charge on any atom is -0.356 e. The maximum atomic E-state index is 12.5. The van der Waals surface area contributed by atoms with Gasteiger partial charge in [-0.2, -0.15) is 5.10 Å². The Labute approximate surface area is 152 Å². The Kier molecular flexibility index (Phi) is 4.28. The molecule has 0 saturated carbocycles. The van der Waals surface area contributed by atoms with Crippen LogP contribution in [0.25, 0.3) is 11.0 Å². The van der Waals surface area contributed by atoms with Crippen LogP contribution in [0.1, 0.15) is 24.0 Å². The van der Waals surface area contributed by atoms with E-state index in [1.165, 1.54) is 12.8 Å². The molecule has 7 heteroatoms. The number of nitrogens with zero attached hydrogens (tertiary/aromatic N) is 5. The van der Waals surface area contributed by atoms with E-state index in [1.807, 2.05) is 26.0 Å². The van der Waals surface area contributed by atoms with Gasteiger partial charge in [-0.3, -0.25) is 4.79 Å². The van der Waals surface area contributed by atoms with Crippen LogP contribution in [0, 0.1) is 13.8 Å². The summed E-state index contributed by atoms with van der Waals surface area (Å²) in [6.45, 7) is 6.16. The Balaban J connectivity index is 1.55. The summed E-state index contributed by atoms with van der Waals surface area (Å²) < 4.78 is 1.63. The quantitative estimate of drug-likeness (QED) is 0.783. The number of benzene rings is 1. The molecule has 1 aromatic carbocycles. The molecule has 0 atom stereocenters. The van der Waals surface area contributed by atoms with Gasteiger partial charge in [-0.1, -0.05) is 6.07 Å². The monoisotopic (exact) mass is 350 g/mol. The number of aromatic nitrogens is 4. The van der Waals surface area contributed by atoms with E-state index in [0.29, 0.717) is 5.65 Å². The number of nitrogens with one attached hydrogen (secondary N) is 1. The first-order valence-corrected chi connectivity index (χ1v) is 8.90. The molecule has 0 bridgehead atoms. The maximum absolute atomic E-state index is 12.5. The van der Waals surface area contributed by atoms with Crippen molar-refractivity contribution in [3.8, 4) is 0 Å². The third-order valence-corrected chi connectivity index (χ3v) is 4.62. The summed E-state index contributed by atoms with van der Waals surface area (Å²) in [5.41, 5.74) is 3.73. The molecule has 26 heavy (non-hydrogen) atoms. The molecule has 0 radical (unpaired) electrons. The van der Waals surface area contributed by atoms with E-state index in [2.05, 4.69) is 31.3 Å². The summed E-state index contributed by atoms with van der Waals surface area (Å²) in [7, 11) is 0. The summed E-state index contributed by atoms with van der Waals surface area (Å²) in [6.07, 6.45) is 5.67. The van der Waals surface area contributed by atoms with Gasteiger partial charge in [-0.15, -0.1) is 0 Å². The number of aryl methyl sites for hydroxylation is 2. The zero-order valence-electron chi connectivity index (χ0n) is 15.1. The van der Waals surface area contributed by atoms with Gasteiger partial charge in [0.1, 0.15) is 18.7 Å². The second kappa shape index (κ2) is 6.74. The molecular formula is C19H22N6O. The Morgan fingerprint density at radius 1 is 1.12 bits per heavy atom. The molecular weight excluding hydrogens is 328 g/mol. The summed E-state index contributed by atoms with van der Waals surface area (Å²) in [5.74, 6) is 0.787. The first kappa shape index (κ1) is 16.5. The van der Waals surface area contributed by atoms with E-state index in [1.54, 1.807) is 17.2 Å². The molecule has 0 spiro atoms. The van der Waals surface area contributed by atoms with Gasteiger partial charge in [-0.25, -0.2) is 14.6 Å². The normalized spacial score (nSPS) is 14.2. The highest BCUT2D eigenvalue weighted by atomic mass is 16.2. The minimum absolute atomic E-state index is 0.118. The Morgan fingerprint density at radius 2 is 1.85 bits per heavy atom. The highest BCUT2D eigenvalue weighted by molar-refractivity contribution is 5.92. The molecule has 1 amide bonds. The van der Waals surface area contributed by atoms with Crippen LogP contribution in [0.5, 0.6) is 0 Å². The molecule has 3 heterocycles. The van der Waals surface area contributed by atoms with Crippen LogP contribution in [-0.4, -0.2) is 38.7 Å². The fourth-order valence-electron chi connectivity index (χ4n) is 3.56. The van der Waals surface area contributed by atoms with E-state index >= 15 is 0 Å². The average molecular weight is 350 g/mol. The summed E-state index contributed by atoms with van der Waals surface area (Å²) in [5, 5.41) is 8.21. The van der Waals surface area contributed by atoms with E-state index in [-0.39, 0.29) is 12.5 Å². The van der Waals surface area contributed by atoms with Gasteiger partial charge in [0.05, 0.1) is 11.6 Å². The third kappa shape index (κ3) is 3.24. The fraction of sp³-hybridized carbons (Fsp3) is 0.368. The molecule has 2 aromatic heterocycles. The van der Waals surface area contributed by atoms with Gasteiger partial charge in [0.25, 0.3) is 0 Å². The van der Waals surface area contributed by atoms with Crippen molar-refractivity contribution in [1.82, 2.24) is 19.7 Å². The van der Waals surface area contributed by atoms with E-state index < -0.39 is 0 Å². The lowest BCUT2D eigenvalue weighted by molar-refractivity contribution is -0.116. The lowest BCUT2D eigenvalue weighted by Gasteiger charge is -2.16. The average Bonchev–Trinajstić information content (AvgIpc) is 3.24. The predicted octanol–water partition coefficient (Wildman–Crippen LogP) is 2.68. The zero-order valence-corrected chi connectivity index (χ0v) is 15.1. The molecule has 134 valence electrons. The number of rotatable bonds is 4. The molecule has 1 aliphatic rings. The van der Waals surface area contributed by atoms with Crippen molar-refractivity contribution in [3.63, 3.8) is 0 Å². The standard InChI is InChI=1S/C19H22N6O/c1-13-7-14(2)9-15(8-13)23-17(26)11-25-19-16(10-22-25)18(20-12-21-19)24-5-3-4-6-24/h7-10,12H,3-6,11H2,1-2H3,(H,23,26). The molecule has 1 fully saturated rings. The number of carbonyl (C=O) groups is 1. The summed E-state index contributed by atoms with van der Waals surface area (Å²) in [6, 6.07) is 5.99. The van der Waals surface area contributed by atoms with Crippen LogP contribution in [0.15, 0.2) is 30.7 Å². The maximum Gasteiger partial charge on any atom is 0.246 e. The number of hydrogen-bond acceptors (Lipinski definition) is 5. The second-order valence-corrected chi connectivity index (χ2v) is 6.86. The van der Waals surface area contributed by atoms with Crippen molar-refractivity contribution < 1.29 is 4.79 Å². The SMILES string of the molecule is Cc1cc(C)cc(NC(=O)Cn2ncc3c(N4CCCC4)ncnc32)c1. The molecule has 3 aromatic rings. The first-order valence-electron chi connectivity index (χ1n) is 8.90. The molecule has 0 unspecified atom stereocenters. The predicted molar refractivity (Wildman–Crippen MR) is 101 cm³/mol. The van der Waals surface area contributed by atoms with Gasteiger partial charge in [-0.05, 0) is 49.9 Å². The molecule has 1 aliphatic heterocycles. The number of fused-ring (bicyclic) bond motifs is 1. The van der Waals surface area contributed by atoms with E-state index in [4.69, 9.17) is 0 Å². The van der Waals surface area contributed by atoms with Gasteiger partial charge < -0.3 is 10.2 Å². The highest BCUT2D eigenvalue weighted by Gasteiger charge is 2.19. The van der Waals surface area contributed by atoms with Crippen molar-refractivity contribution >= 4 is 28.4 Å². The van der Waals surface area contributed by atoms with Gasteiger partial charge in [0, 0.05) is 18.8 Å². The van der Waals surface area contributed by atoms with Gasteiger partial charge >= 0.3 is 0 Å². The zero-order chi connectivity index (χ0) is 18.1. The molecule has 0 aliphatic carbocycles. The number of carbonyl (C=O) groups excluding carboxylic acids is 1. The largest absolute Gasteiger partial charge is 0.356 e. The van der Waals surface area contributed by atoms with E-state index in [9.17, 15) is 4.79 Å². The topological polar surface area (TPSA) is 75.9 Å². The highest BCUT2D eigenvalue weighted by Crippen LogP contribution is 2.25. The Bertz CT molecular complexity index is 938. The van der Waals surface area contributed by atoms with Crippen molar-refractivity contribution in [1.29, 1.82) is 0 Å². The summed E-state index contributed by atoms with van der Waals surface area (Å²) >= 11 is 0. The van der Waals surface area contributed by atoms with Crippen LogP contribution in [0.2, 0.25) is 0 Å². The molecule has 1 saturated heterocycles. The van der Waals surface area contributed by atoms with Crippen LogP contribution in [0.3, 0.4) is 0 Å². The Hall–Kier alpha value is -2.96. The molecule has 1 N–H and O–H groups in total. The van der Waals surface area contributed by atoms with Crippen molar-refractivity contribution in [2.75, 3.05) is 23.3 Å². The smallest absolute Gasteiger partial charge is 0.246 e. The first-order chi connectivity index (χ1) is 12.6. The van der Waals surface area contributed by atoms with Crippen LogP contribution < -0.4 is 10.2 Å². The second-order valence-electron chi connectivity index (χ2n) is 6.86. The molecule has 7 nitrogen and oxygen atoms in total. The lowest BCUT2D eigenvalue weighted by Crippen LogP contribution is -2.21. The minimum atomic E-state index is -0.124. The van der Waals surface area contributed by atoms with Crippen LogP contribution in [0.4, 0.5) is 11.5 Å². The van der Waals surface area contributed by atoms with E-state index in [0.717, 1.165) is 41.1 Å². The summed E-state index contributed by atoms with van der Waals surface area (Å²) in [4.78, 5) is 23.5. The Morgan fingerprint density at radius 3 is 2.58 bits per heavy atom. The third-order valence-electron chi connectivity index (χ3n) is 4.62. The van der Waals surface area contributed by atoms with Crippen molar-refractivity contribution in [2.45, 2.75) is 33.2 Å². The fourth-order valence-corrected chi connectivity index (χ4v) is 3.56. The van der Waals surface area contributed by atoms with Gasteiger partial charge in [0.2, 0.25) is 5.91 Å². The van der Waals surface area contributed by atoms with Crippen LogP contribution in [-0.2, 0) is 11.3 Å². The van der Waals surface area contributed by atoms with Crippen LogP contribution >= 0.6 is 0 Å². The number of hydrogen-bond donors (Lipinski definition) is 1. The lowest BCUT2D eigenvalue weighted by atomic mass is 10.1. The number of anilines is 2. The number of amides is 1.